The standard InChI is InChI=1S/C14H22O2S/c1-4-17-10-14(16,11(2)3)13(15)12-8-6-5-7-9-12/h5-9,11,13,15-16H,4,10H2,1-3H3/t13-,14+/m0/s1. The van der Waals surface area contributed by atoms with Gasteiger partial charge in [0, 0.05) is 5.75 Å². The zero-order valence-electron chi connectivity index (χ0n) is 10.8. The highest BCUT2D eigenvalue weighted by Gasteiger charge is 2.39. The molecule has 1 aromatic carbocycles. The van der Waals surface area contributed by atoms with Crippen molar-refractivity contribution < 1.29 is 10.2 Å². The molecule has 1 aromatic rings. The van der Waals surface area contributed by atoms with Crippen LogP contribution in [-0.2, 0) is 0 Å². The van der Waals surface area contributed by atoms with Gasteiger partial charge in [0.15, 0.2) is 0 Å². The minimum absolute atomic E-state index is 0.0109. The van der Waals surface area contributed by atoms with E-state index >= 15 is 0 Å². The molecule has 0 aliphatic heterocycles. The number of hydrogen-bond donors (Lipinski definition) is 2. The molecule has 3 heteroatoms. The van der Waals surface area contributed by atoms with E-state index in [0.717, 1.165) is 11.3 Å². The van der Waals surface area contributed by atoms with E-state index in [-0.39, 0.29) is 5.92 Å². The molecule has 0 saturated carbocycles. The van der Waals surface area contributed by atoms with E-state index in [1.807, 2.05) is 44.2 Å². The molecule has 0 fully saturated rings. The molecule has 17 heavy (non-hydrogen) atoms. The van der Waals surface area contributed by atoms with Crippen molar-refractivity contribution >= 4 is 11.8 Å². The van der Waals surface area contributed by atoms with Crippen LogP contribution in [0, 0.1) is 5.92 Å². The van der Waals surface area contributed by atoms with E-state index in [2.05, 4.69) is 6.92 Å². The fourth-order valence-corrected chi connectivity index (χ4v) is 2.77. The topological polar surface area (TPSA) is 40.5 Å². The minimum Gasteiger partial charge on any atom is -0.386 e. The Bertz CT molecular complexity index is 326. The monoisotopic (exact) mass is 254 g/mol. The van der Waals surface area contributed by atoms with E-state index in [1.54, 1.807) is 11.8 Å². The Morgan fingerprint density at radius 3 is 2.29 bits per heavy atom. The number of benzene rings is 1. The lowest BCUT2D eigenvalue weighted by Crippen LogP contribution is -2.44. The Hall–Kier alpha value is -0.510. The second-order valence-corrected chi connectivity index (χ2v) is 5.87. The first kappa shape index (κ1) is 14.6. The zero-order valence-corrected chi connectivity index (χ0v) is 11.6. The predicted molar refractivity (Wildman–Crippen MR) is 74.2 cm³/mol. The van der Waals surface area contributed by atoms with Crippen molar-refractivity contribution in [1.29, 1.82) is 0 Å². The summed E-state index contributed by atoms with van der Waals surface area (Å²) < 4.78 is 0. The van der Waals surface area contributed by atoms with Gasteiger partial charge in [0.2, 0.25) is 0 Å². The summed E-state index contributed by atoms with van der Waals surface area (Å²) in [5.41, 5.74) is -0.289. The lowest BCUT2D eigenvalue weighted by atomic mass is 9.83. The van der Waals surface area contributed by atoms with Gasteiger partial charge in [-0.25, -0.2) is 0 Å². The smallest absolute Gasteiger partial charge is 0.109 e. The average molecular weight is 254 g/mol. The lowest BCUT2D eigenvalue weighted by Gasteiger charge is -2.36. The van der Waals surface area contributed by atoms with Crippen molar-refractivity contribution in [3.8, 4) is 0 Å². The SMILES string of the molecule is CCSC[C@@](O)(C(C)C)[C@@H](O)c1ccccc1. The van der Waals surface area contributed by atoms with Crippen LogP contribution in [0.25, 0.3) is 0 Å². The Morgan fingerprint density at radius 1 is 1.24 bits per heavy atom. The zero-order chi connectivity index (χ0) is 12.9. The highest BCUT2D eigenvalue weighted by atomic mass is 32.2. The molecule has 0 spiro atoms. The molecule has 2 atom stereocenters. The quantitative estimate of drug-likeness (QED) is 0.820. The van der Waals surface area contributed by atoms with Gasteiger partial charge >= 0.3 is 0 Å². The molecule has 0 aliphatic carbocycles. The van der Waals surface area contributed by atoms with Crippen LogP contribution in [0.1, 0.15) is 32.4 Å². The Balaban J connectivity index is 2.91. The molecule has 0 bridgehead atoms. The third-order valence-electron chi connectivity index (χ3n) is 3.13. The Morgan fingerprint density at radius 2 is 1.82 bits per heavy atom. The predicted octanol–water partition coefficient (Wildman–Crippen LogP) is 2.86. The number of aliphatic hydroxyl groups is 2. The molecule has 96 valence electrons. The van der Waals surface area contributed by atoms with Crippen LogP contribution < -0.4 is 0 Å². The van der Waals surface area contributed by atoms with Crippen LogP contribution in [-0.4, -0.2) is 27.3 Å². The van der Waals surface area contributed by atoms with E-state index in [9.17, 15) is 10.2 Å². The van der Waals surface area contributed by atoms with Crippen molar-refractivity contribution in [3.63, 3.8) is 0 Å². The normalized spacial score (nSPS) is 16.8. The molecular weight excluding hydrogens is 232 g/mol. The molecule has 0 saturated heterocycles. The second kappa shape index (κ2) is 6.43. The van der Waals surface area contributed by atoms with Gasteiger partial charge in [-0.3, -0.25) is 0 Å². The van der Waals surface area contributed by atoms with Gasteiger partial charge in [-0.05, 0) is 17.2 Å². The van der Waals surface area contributed by atoms with Gasteiger partial charge in [0.05, 0.1) is 0 Å². The molecule has 0 aromatic heterocycles. The first-order valence-corrected chi connectivity index (χ1v) is 7.21. The van der Waals surface area contributed by atoms with E-state index in [4.69, 9.17) is 0 Å². The van der Waals surface area contributed by atoms with Crippen molar-refractivity contribution in [1.82, 2.24) is 0 Å². The molecule has 0 radical (unpaired) electrons. The lowest BCUT2D eigenvalue weighted by molar-refractivity contribution is -0.0903. The van der Waals surface area contributed by atoms with Crippen LogP contribution in [0.4, 0.5) is 0 Å². The van der Waals surface area contributed by atoms with E-state index in [1.165, 1.54) is 0 Å². The average Bonchev–Trinajstić information content (AvgIpc) is 2.35. The highest BCUT2D eigenvalue weighted by Crippen LogP contribution is 2.35. The van der Waals surface area contributed by atoms with Gasteiger partial charge in [0.1, 0.15) is 11.7 Å². The molecule has 0 heterocycles. The van der Waals surface area contributed by atoms with Gasteiger partial charge < -0.3 is 10.2 Å². The summed E-state index contributed by atoms with van der Waals surface area (Å²) in [5, 5.41) is 21.0. The summed E-state index contributed by atoms with van der Waals surface area (Å²) >= 11 is 1.66. The molecule has 0 aliphatic rings. The highest BCUT2D eigenvalue weighted by molar-refractivity contribution is 7.99. The molecule has 2 N–H and O–H groups in total. The largest absolute Gasteiger partial charge is 0.386 e. The van der Waals surface area contributed by atoms with Crippen molar-refractivity contribution in [2.75, 3.05) is 11.5 Å². The summed E-state index contributed by atoms with van der Waals surface area (Å²) in [6, 6.07) is 9.38. The van der Waals surface area contributed by atoms with Crippen LogP contribution in [0.2, 0.25) is 0 Å². The van der Waals surface area contributed by atoms with Crippen molar-refractivity contribution in [3.05, 3.63) is 35.9 Å². The van der Waals surface area contributed by atoms with Crippen LogP contribution >= 0.6 is 11.8 Å². The van der Waals surface area contributed by atoms with Crippen molar-refractivity contribution in [2.45, 2.75) is 32.5 Å². The first-order valence-electron chi connectivity index (χ1n) is 6.05. The molecule has 1 rings (SSSR count). The number of hydrogen-bond acceptors (Lipinski definition) is 3. The second-order valence-electron chi connectivity index (χ2n) is 4.60. The summed E-state index contributed by atoms with van der Waals surface area (Å²) in [6.07, 6.45) is -0.831. The van der Waals surface area contributed by atoms with Crippen molar-refractivity contribution in [2.24, 2.45) is 5.92 Å². The summed E-state index contributed by atoms with van der Waals surface area (Å²) in [6.45, 7) is 5.95. The summed E-state index contributed by atoms with van der Waals surface area (Å²) in [5.74, 6) is 1.50. The number of rotatable bonds is 6. The summed E-state index contributed by atoms with van der Waals surface area (Å²) in [7, 11) is 0. The Labute approximate surface area is 108 Å². The van der Waals surface area contributed by atoms with Crippen LogP contribution in [0.15, 0.2) is 30.3 Å². The molecule has 0 unspecified atom stereocenters. The number of thioether (sulfide) groups is 1. The maximum absolute atomic E-state index is 10.7. The maximum Gasteiger partial charge on any atom is 0.109 e. The maximum atomic E-state index is 10.7. The summed E-state index contributed by atoms with van der Waals surface area (Å²) in [4.78, 5) is 0. The van der Waals surface area contributed by atoms with E-state index < -0.39 is 11.7 Å². The van der Waals surface area contributed by atoms with Gasteiger partial charge in [-0.15, -0.1) is 0 Å². The number of aliphatic hydroxyl groups excluding tert-OH is 1. The fraction of sp³-hybridized carbons (Fsp3) is 0.571. The molecule has 2 nitrogen and oxygen atoms in total. The third kappa shape index (κ3) is 3.47. The fourth-order valence-electron chi connectivity index (χ4n) is 1.75. The first-order chi connectivity index (χ1) is 8.02. The van der Waals surface area contributed by atoms with Gasteiger partial charge in [0.25, 0.3) is 0 Å². The third-order valence-corrected chi connectivity index (χ3v) is 4.20. The van der Waals surface area contributed by atoms with Crippen LogP contribution in [0.5, 0.6) is 0 Å². The van der Waals surface area contributed by atoms with Gasteiger partial charge in [-0.2, -0.15) is 11.8 Å². The molecular formula is C14H22O2S. The Kier molecular flexibility index (Phi) is 5.50. The van der Waals surface area contributed by atoms with Gasteiger partial charge in [-0.1, -0.05) is 51.1 Å². The van der Waals surface area contributed by atoms with E-state index in [0.29, 0.717) is 5.75 Å². The van der Waals surface area contributed by atoms with Crippen LogP contribution in [0.3, 0.4) is 0 Å². The minimum atomic E-state index is -1.07. The molecule has 0 amide bonds.